The third-order valence-electron chi connectivity index (χ3n) is 4.18. The Labute approximate surface area is 117 Å². The first-order valence-corrected chi connectivity index (χ1v) is 7.09. The van der Waals surface area contributed by atoms with E-state index < -0.39 is 18.2 Å². The summed E-state index contributed by atoms with van der Waals surface area (Å²) in [5.74, 6) is -0.409. The van der Waals surface area contributed by atoms with Gasteiger partial charge in [0.1, 0.15) is 0 Å². The molecule has 0 bridgehead atoms. The molecule has 0 aromatic rings. The van der Waals surface area contributed by atoms with E-state index in [1.54, 1.807) is 4.90 Å². The van der Waals surface area contributed by atoms with Crippen molar-refractivity contribution in [1.82, 2.24) is 9.80 Å². The summed E-state index contributed by atoms with van der Waals surface area (Å²) in [4.78, 5) is 25.9. The van der Waals surface area contributed by atoms with E-state index in [-0.39, 0.29) is 25.5 Å². The van der Waals surface area contributed by atoms with Gasteiger partial charge in [-0.25, -0.2) is 4.79 Å². The maximum absolute atomic E-state index is 12.2. The number of carbonyl (C=O) groups excluding carboxylic acids is 1. The van der Waals surface area contributed by atoms with E-state index in [0.29, 0.717) is 25.4 Å². The van der Waals surface area contributed by atoms with Crippen LogP contribution in [0.4, 0.5) is 4.79 Å². The van der Waals surface area contributed by atoms with Gasteiger partial charge in [-0.15, -0.1) is 0 Å². The van der Waals surface area contributed by atoms with E-state index >= 15 is 0 Å². The number of β-amino-alcohol motifs (C(OH)–C–C–N with tert-alkyl or cyclic N) is 2. The van der Waals surface area contributed by atoms with E-state index in [1.165, 1.54) is 4.90 Å². The van der Waals surface area contributed by atoms with Crippen LogP contribution >= 0.6 is 0 Å². The van der Waals surface area contributed by atoms with Crippen molar-refractivity contribution in [3.8, 4) is 0 Å². The molecule has 0 radical (unpaired) electrons. The van der Waals surface area contributed by atoms with Gasteiger partial charge >= 0.3 is 12.0 Å². The van der Waals surface area contributed by atoms with Crippen molar-refractivity contribution in [2.24, 2.45) is 5.92 Å². The zero-order valence-corrected chi connectivity index (χ0v) is 11.4. The first-order chi connectivity index (χ1) is 9.47. The maximum atomic E-state index is 12.2. The molecule has 7 nitrogen and oxygen atoms in total. The Morgan fingerprint density at radius 2 is 1.55 bits per heavy atom. The summed E-state index contributed by atoms with van der Waals surface area (Å²) in [6.07, 6.45) is 0.775. The fourth-order valence-corrected chi connectivity index (χ4v) is 2.87. The van der Waals surface area contributed by atoms with Crippen molar-refractivity contribution in [3.05, 3.63) is 0 Å². The highest BCUT2D eigenvalue weighted by molar-refractivity contribution is 5.75. The zero-order chi connectivity index (χ0) is 14.7. The molecule has 2 aliphatic heterocycles. The summed E-state index contributed by atoms with van der Waals surface area (Å²) in [6, 6.07) is -0.141. The summed E-state index contributed by atoms with van der Waals surface area (Å²) in [7, 11) is 0. The Bertz CT molecular complexity index is 358. The molecule has 2 saturated heterocycles. The molecule has 0 aromatic heterocycles. The highest BCUT2D eigenvalue weighted by Gasteiger charge is 2.35. The lowest BCUT2D eigenvalue weighted by molar-refractivity contribution is -0.137. The molecule has 2 unspecified atom stereocenters. The zero-order valence-electron chi connectivity index (χ0n) is 11.4. The van der Waals surface area contributed by atoms with Crippen LogP contribution in [-0.4, -0.2) is 75.5 Å². The molecule has 114 valence electrons. The number of aliphatic hydroxyl groups is 2. The van der Waals surface area contributed by atoms with Gasteiger partial charge in [-0.1, -0.05) is 0 Å². The van der Waals surface area contributed by atoms with Crippen molar-refractivity contribution in [2.45, 2.75) is 37.9 Å². The molecule has 0 aromatic carbocycles. The summed E-state index contributed by atoms with van der Waals surface area (Å²) in [5.41, 5.74) is 0. The van der Waals surface area contributed by atoms with E-state index in [1.807, 2.05) is 0 Å². The van der Waals surface area contributed by atoms with Gasteiger partial charge in [-0.2, -0.15) is 0 Å². The quantitative estimate of drug-likeness (QED) is 0.662. The van der Waals surface area contributed by atoms with Crippen LogP contribution in [0, 0.1) is 5.92 Å². The van der Waals surface area contributed by atoms with Gasteiger partial charge in [-0.3, -0.25) is 4.79 Å². The number of aliphatic hydroxyl groups excluding tert-OH is 2. The van der Waals surface area contributed by atoms with Crippen molar-refractivity contribution in [1.29, 1.82) is 0 Å². The molecule has 0 aliphatic carbocycles. The number of carboxylic acids is 1. The molecule has 2 heterocycles. The second-order valence-electron chi connectivity index (χ2n) is 5.69. The Morgan fingerprint density at radius 1 is 1.00 bits per heavy atom. The highest BCUT2D eigenvalue weighted by Crippen LogP contribution is 2.23. The van der Waals surface area contributed by atoms with Crippen LogP contribution in [0.1, 0.15) is 25.7 Å². The fraction of sp³-hybridized carbons (Fsp3) is 0.846. The van der Waals surface area contributed by atoms with Crippen LogP contribution in [-0.2, 0) is 4.79 Å². The van der Waals surface area contributed by atoms with Crippen LogP contribution < -0.4 is 0 Å². The predicted molar refractivity (Wildman–Crippen MR) is 70.1 cm³/mol. The van der Waals surface area contributed by atoms with Gasteiger partial charge in [-0.05, 0) is 25.2 Å². The topological polar surface area (TPSA) is 101 Å². The molecular formula is C13H22N2O5. The van der Waals surface area contributed by atoms with Crippen molar-refractivity contribution < 1.29 is 24.9 Å². The Kier molecular flexibility index (Phi) is 4.82. The predicted octanol–water partition coefficient (Wildman–Crippen LogP) is -0.279. The Balaban J connectivity index is 1.76. The number of hydrogen-bond acceptors (Lipinski definition) is 4. The average Bonchev–Trinajstić information content (AvgIpc) is 2.76. The molecular weight excluding hydrogens is 264 g/mol. The minimum Gasteiger partial charge on any atom is -0.481 e. The SMILES string of the molecule is O=C(O)CCC1CCN(C(=O)N2CC(O)C(O)C2)CC1. The average molecular weight is 286 g/mol. The maximum Gasteiger partial charge on any atom is 0.320 e. The highest BCUT2D eigenvalue weighted by atomic mass is 16.4. The lowest BCUT2D eigenvalue weighted by Crippen LogP contribution is -2.46. The van der Waals surface area contributed by atoms with Gasteiger partial charge in [0.2, 0.25) is 0 Å². The van der Waals surface area contributed by atoms with Gasteiger partial charge in [0.25, 0.3) is 0 Å². The van der Waals surface area contributed by atoms with Crippen LogP contribution in [0.5, 0.6) is 0 Å². The molecule has 7 heteroatoms. The van der Waals surface area contributed by atoms with Crippen molar-refractivity contribution in [2.75, 3.05) is 26.2 Å². The van der Waals surface area contributed by atoms with E-state index in [2.05, 4.69) is 0 Å². The second kappa shape index (κ2) is 6.41. The Morgan fingerprint density at radius 3 is 2.05 bits per heavy atom. The molecule has 2 fully saturated rings. The summed E-state index contributed by atoms with van der Waals surface area (Å²) in [5, 5.41) is 27.6. The van der Waals surface area contributed by atoms with Gasteiger partial charge in [0.15, 0.2) is 0 Å². The number of piperidine rings is 1. The molecule has 20 heavy (non-hydrogen) atoms. The molecule has 2 atom stereocenters. The number of carboxylic acid groups (broad SMARTS) is 1. The lowest BCUT2D eigenvalue weighted by Gasteiger charge is -2.34. The number of likely N-dealkylation sites (tertiary alicyclic amines) is 2. The van der Waals surface area contributed by atoms with Crippen LogP contribution in [0.2, 0.25) is 0 Å². The van der Waals surface area contributed by atoms with Gasteiger partial charge < -0.3 is 25.1 Å². The molecule has 3 N–H and O–H groups in total. The lowest BCUT2D eigenvalue weighted by atomic mass is 9.92. The summed E-state index contributed by atoms with van der Waals surface area (Å²) < 4.78 is 0. The van der Waals surface area contributed by atoms with Gasteiger partial charge in [0, 0.05) is 19.5 Å². The third kappa shape index (κ3) is 3.61. The number of aliphatic carboxylic acids is 1. The largest absolute Gasteiger partial charge is 0.481 e. The summed E-state index contributed by atoms with van der Waals surface area (Å²) in [6.45, 7) is 1.59. The van der Waals surface area contributed by atoms with E-state index in [9.17, 15) is 19.8 Å². The second-order valence-corrected chi connectivity index (χ2v) is 5.69. The van der Waals surface area contributed by atoms with E-state index in [4.69, 9.17) is 5.11 Å². The molecule has 0 saturated carbocycles. The smallest absolute Gasteiger partial charge is 0.320 e. The molecule has 2 rings (SSSR count). The van der Waals surface area contributed by atoms with Crippen LogP contribution in [0.15, 0.2) is 0 Å². The number of rotatable bonds is 3. The number of amides is 2. The summed E-state index contributed by atoms with van der Waals surface area (Å²) >= 11 is 0. The molecule has 0 spiro atoms. The monoisotopic (exact) mass is 286 g/mol. The number of nitrogens with zero attached hydrogens (tertiary/aromatic N) is 2. The van der Waals surface area contributed by atoms with Crippen LogP contribution in [0.3, 0.4) is 0 Å². The number of carbonyl (C=O) groups is 2. The molecule has 2 amide bonds. The number of urea groups is 1. The minimum absolute atomic E-state index is 0.141. The normalized spacial score (nSPS) is 27.9. The minimum atomic E-state index is -0.855. The van der Waals surface area contributed by atoms with Crippen molar-refractivity contribution in [3.63, 3.8) is 0 Å². The number of hydrogen-bond donors (Lipinski definition) is 3. The van der Waals surface area contributed by atoms with Crippen molar-refractivity contribution >= 4 is 12.0 Å². The Hall–Kier alpha value is -1.34. The fourth-order valence-electron chi connectivity index (χ4n) is 2.87. The first kappa shape index (κ1) is 15.1. The van der Waals surface area contributed by atoms with E-state index in [0.717, 1.165) is 12.8 Å². The van der Waals surface area contributed by atoms with Gasteiger partial charge in [0.05, 0.1) is 25.3 Å². The van der Waals surface area contributed by atoms with Crippen LogP contribution in [0.25, 0.3) is 0 Å². The molecule has 2 aliphatic rings. The third-order valence-corrected chi connectivity index (χ3v) is 4.18. The standard InChI is InChI=1S/C13H22N2O5/c16-10-7-15(8-11(10)17)13(20)14-5-3-9(4-6-14)1-2-12(18)19/h9-11,16-17H,1-8H2,(H,18,19). The first-order valence-electron chi connectivity index (χ1n) is 7.09.